The summed E-state index contributed by atoms with van der Waals surface area (Å²) < 4.78 is 13.6. The second-order valence-electron chi connectivity index (χ2n) is 16.4. The molecule has 0 bridgehead atoms. The fraction of sp³-hybridized carbons (Fsp3) is 0.667. The quantitative estimate of drug-likeness (QED) is 0.381. The van der Waals surface area contributed by atoms with Crippen molar-refractivity contribution in [2.75, 3.05) is 59.1 Å². The minimum absolute atomic E-state index is 0.00492. The molecule has 1 N–H and O–H groups in total. The lowest BCUT2D eigenvalue weighted by molar-refractivity contribution is -0.153. The van der Waals surface area contributed by atoms with Gasteiger partial charge in [0.1, 0.15) is 6.04 Å². The van der Waals surface area contributed by atoms with E-state index in [1.807, 2.05) is 42.2 Å². The highest BCUT2D eigenvalue weighted by molar-refractivity contribution is 5.96. The largest absolute Gasteiger partial charge is 0.378 e. The highest BCUT2D eigenvalue weighted by Gasteiger charge is 2.62. The van der Waals surface area contributed by atoms with Crippen LogP contribution < -0.4 is 5.32 Å². The molecule has 4 atom stereocenters. The van der Waals surface area contributed by atoms with Crippen LogP contribution in [0.1, 0.15) is 75.2 Å². The average molecular weight is 703 g/mol. The van der Waals surface area contributed by atoms with Gasteiger partial charge >= 0.3 is 0 Å². The van der Waals surface area contributed by atoms with Crippen LogP contribution in [0.4, 0.5) is 0 Å². The third kappa shape index (κ3) is 7.72. The first-order chi connectivity index (χ1) is 24.5. The van der Waals surface area contributed by atoms with Crippen molar-refractivity contribution >= 4 is 23.6 Å². The molecule has 2 saturated carbocycles. The van der Waals surface area contributed by atoms with Gasteiger partial charge in [-0.15, -0.1) is 0 Å². The van der Waals surface area contributed by atoms with Gasteiger partial charge in [-0.1, -0.05) is 63.4 Å². The summed E-state index contributed by atoms with van der Waals surface area (Å²) in [5.74, 6) is -0.652. The van der Waals surface area contributed by atoms with Crippen molar-refractivity contribution in [1.29, 1.82) is 0 Å². The van der Waals surface area contributed by atoms with Crippen LogP contribution in [-0.4, -0.2) is 119 Å². The number of aromatic nitrogens is 2. The SMILES string of the molecule is C[C@@H](OCC1CCCCC1)[C@H](NC(=O)[C@@H]1CN(C(=O)c2cnn(Cc3ccccc3)c2)CC12CN(C(=O)[C@H]1CC1(C)C)C2)C(=O)N1CCOCC1. The van der Waals surface area contributed by atoms with E-state index in [1.54, 1.807) is 26.9 Å². The predicted octanol–water partition coefficient (Wildman–Crippen LogP) is 3.21. The van der Waals surface area contributed by atoms with Crippen molar-refractivity contribution < 1.29 is 28.7 Å². The fourth-order valence-corrected chi connectivity index (χ4v) is 8.65. The summed E-state index contributed by atoms with van der Waals surface area (Å²) >= 11 is 0. The third-order valence-corrected chi connectivity index (χ3v) is 12.1. The van der Waals surface area contributed by atoms with Gasteiger partial charge in [0.15, 0.2) is 0 Å². The van der Waals surface area contributed by atoms with Gasteiger partial charge in [0.2, 0.25) is 17.7 Å². The molecule has 1 aromatic heterocycles. The minimum atomic E-state index is -0.873. The van der Waals surface area contributed by atoms with Crippen molar-refractivity contribution in [3.63, 3.8) is 0 Å². The molecule has 4 heterocycles. The van der Waals surface area contributed by atoms with E-state index >= 15 is 0 Å². The molecule has 51 heavy (non-hydrogen) atoms. The molecule has 1 aromatic carbocycles. The van der Waals surface area contributed by atoms with Crippen molar-refractivity contribution in [2.45, 2.75) is 78.0 Å². The van der Waals surface area contributed by atoms with Crippen molar-refractivity contribution in [3.05, 3.63) is 53.9 Å². The van der Waals surface area contributed by atoms with Gasteiger partial charge in [-0.25, -0.2) is 0 Å². The number of benzene rings is 1. The van der Waals surface area contributed by atoms with Gasteiger partial charge in [0.05, 0.1) is 43.5 Å². The lowest BCUT2D eigenvalue weighted by atomic mass is 9.70. The first kappa shape index (κ1) is 35.6. The molecule has 0 unspecified atom stereocenters. The smallest absolute Gasteiger partial charge is 0.257 e. The number of nitrogens with one attached hydrogen (secondary N) is 1. The van der Waals surface area contributed by atoms with E-state index in [2.05, 4.69) is 24.3 Å². The molecule has 5 aliphatic rings. The van der Waals surface area contributed by atoms with E-state index in [9.17, 15) is 19.2 Å². The van der Waals surface area contributed by atoms with Crippen molar-refractivity contribution in [3.8, 4) is 0 Å². The van der Waals surface area contributed by atoms with Crippen LogP contribution in [0.5, 0.6) is 0 Å². The summed E-state index contributed by atoms with van der Waals surface area (Å²) in [7, 11) is 0. The summed E-state index contributed by atoms with van der Waals surface area (Å²) in [5, 5.41) is 7.59. The van der Waals surface area contributed by atoms with E-state index in [0.29, 0.717) is 70.6 Å². The Morgan fingerprint density at radius 1 is 0.961 bits per heavy atom. The highest BCUT2D eigenvalue weighted by atomic mass is 16.5. The molecule has 2 aliphatic carbocycles. The molecule has 2 aromatic rings. The number of ether oxygens (including phenoxy) is 2. The van der Waals surface area contributed by atoms with Gasteiger partial charge in [0, 0.05) is 63.4 Å². The summed E-state index contributed by atoms with van der Waals surface area (Å²) in [6.45, 7) is 10.4. The van der Waals surface area contributed by atoms with Gasteiger partial charge in [-0.2, -0.15) is 5.10 Å². The minimum Gasteiger partial charge on any atom is -0.378 e. The Morgan fingerprint density at radius 2 is 1.65 bits per heavy atom. The number of hydrogen-bond acceptors (Lipinski definition) is 7. The molecule has 7 rings (SSSR count). The number of rotatable bonds is 11. The first-order valence-corrected chi connectivity index (χ1v) is 19.0. The van der Waals surface area contributed by atoms with E-state index < -0.39 is 23.5 Å². The van der Waals surface area contributed by atoms with Crippen LogP contribution in [0.25, 0.3) is 0 Å². The van der Waals surface area contributed by atoms with Crippen LogP contribution in [0.3, 0.4) is 0 Å². The standard InChI is InChI=1S/C39H54N6O6/c1-27(51-23-29-12-8-5-9-13-29)33(37(49)42-14-16-50-17-15-42)41-34(46)32-22-43(24-39(32)25-44(26-39)36(48)31-18-38(31,2)3)35(47)30-19-40-45(21-30)20-28-10-6-4-7-11-28/h4,6-7,10-11,19,21,27,29,31-33H,5,8-9,12-18,20,22-26H2,1-3H3,(H,41,46)/t27-,31-,32+,33+/m1/s1. The maximum atomic E-state index is 14.5. The van der Waals surface area contributed by atoms with E-state index in [0.717, 1.165) is 24.8 Å². The van der Waals surface area contributed by atoms with Crippen LogP contribution in [-0.2, 0) is 30.4 Å². The van der Waals surface area contributed by atoms with Crippen LogP contribution >= 0.6 is 0 Å². The van der Waals surface area contributed by atoms with E-state index in [-0.39, 0.29) is 41.5 Å². The zero-order valence-electron chi connectivity index (χ0n) is 30.4. The fourth-order valence-electron chi connectivity index (χ4n) is 8.65. The summed E-state index contributed by atoms with van der Waals surface area (Å²) in [6.07, 6.45) is 9.54. The molecular weight excluding hydrogens is 648 g/mol. The molecule has 3 saturated heterocycles. The van der Waals surface area contributed by atoms with Crippen LogP contribution in [0.2, 0.25) is 0 Å². The Morgan fingerprint density at radius 3 is 2.33 bits per heavy atom. The van der Waals surface area contributed by atoms with E-state index in [4.69, 9.17) is 9.47 Å². The van der Waals surface area contributed by atoms with Gasteiger partial charge in [0.25, 0.3) is 5.91 Å². The third-order valence-electron chi connectivity index (χ3n) is 12.1. The topological polar surface area (TPSA) is 126 Å². The Kier molecular flexibility index (Phi) is 10.3. The number of morpholine rings is 1. The zero-order valence-corrected chi connectivity index (χ0v) is 30.4. The van der Waals surface area contributed by atoms with Crippen molar-refractivity contribution in [2.24, 2.45) is 28.6 Å². The normalized spacial score (nSPS) is 25.3. The summed E-state index contributed by atoms with van der Waals surface area (Å²) in [5.41, 5.74) is 0.925. The number of nitrogens with zero attached hydrogens (tertiary/aromatic N) is 5. The van der Waals surface area contributed by atoms with Gasteiger partial charge in [-0.05, 0) is 43.1 Å². The Hall–Kier alpha value is -3.77. The summed E-state index contributed by atoms with van der Waals surface area (Å²) in [6, 6.07) is 9.06. The Labute approximate surface area is 301 Å². The second-order valence-corrected chi connectivity index (χ2v) is 16.4. The summed E-state index contributed by atoms with van der Waals surface area (Å²) in [4.78, 5) is 61.2. The lowest BCUT2D eigenvalue weighted by Gasteiger charge is -2.50. The molecule has 0 radical (unpaired) electrons. The molecule has 276 valence electrons. The number of carbonyl (C=O) groups excluding carboxylic acids is 4. The Balaban J connectivity index is 1.08. The van der Waals surface area contributed by atoms with Crippen molar-refractivity contribution in [1.82, 2.24) is 29.8 Å². The van der Waals surface area contributed by atoms with Gasteiger partial charge < -0.3 is 29.5 Å². The van der Waals surface area contributed by atoms with Crippen LogP contribution in [0.15, 0.2) is 42.7 Å². The molecule has 12 nitrogen and oxygen atoms in total. The first-order valence-electron chi connectivity index (χ1n) is 19.0. The second kappa shape index (κ2) is 14.7. The highest BCUT2D eigenvalue weighted by Crippen LogP contribution is 2.54. The monoisotopic (exact) mass is 702 g/mol. The average Bonchev–Trinajstić information content (AvgIpc) is 3.42. The Bertz CT molecular complexity index is 1580. The van der Waals surface area contributed by atoms with Crippen LogP contribution in [0, 0.1) is 28.6 Å². The molecule has 3 aliphatic heterocycles. The number of amides is 4. The molecule has 5 fully saturated rings. The number of likely N-dealkylation sites (tertiary alicyclic amines) is 2. The predicted molar refractivity (Wildman–Crippen MR) is 189 cm³/mol. The number of hydrogen-bond donors (Lipinski definition) is 1. The lowest BCUT2D eigenvalue weighted by Crippen LogP contribution is -2.65. The maximum absolute atomic E-state index is 14.5. The molecular formula is C39H54N6O6. The number of carbonyl (C=O) groups is 4. The maximum Gasteiger partial charge on any atom is 0.257 e. The van der Waals surface area contributed by atoms with Gasteiger partial charge in [-0.3, -0.25) is 23.9 Å². The zero-order chi connectivity index (χ0) is 35.8. The van der Waals surface area contributed by atoms with E-state index in [1.165, 1.54) is 19.3 Å². The molecule has 4 amide bonds. The molecule has 12 heteroatoms. The molecule has 1 spiro atoms.